The summed E-state index contributed by atoms with van der Waals surface area (Å²) in [6.07, 6.45) is 7.42. The van der Waals surface area contributed by atoms with Gasteiger partial charge < -0.3 is 5.32 Å². The molecule has 1 N–H and O–H groups in total. The molecule has 0 aromatic carbocycles. The van der Waals surface area contributed by atoms with Crippen LogP contribution in [0.4, 0.5) is 0 Å². The summed E-state index contributed by atoms with van der Waals surface area (Å²) in [4.78, 5) is 0. The first kappa shape index (κ1) is 16.0. The summed E-state index contributed by atoms with van der Waals surface area (Å²) >= 11 is 0. The summed E-state index contributed by atoms with van der Waals surface area (Å²) in [5.41, 5.74) is 0. The van der Waals surface area contributed by atoms with Crippen LogP contribution in [0.15, 0.2) is 0 Å². The van der Waals surface area contributed by atoms with Crippen LogP contribution < -0.4 is 5.32 Å². The predicted molar refractivity (Wildman–Crippen MR) is 77.6 cm³/mol. The van der Waals surface area contributed by atoms with E-state index in [1.165, 1.54) is 12.8 Å². The summed E-state index contributed by atoms with van der Waals surface area (Å²) in [6.45, 7) is 4.10. The maximum Gasteiger partial charge on any atom is 0.154 e. The quantitative estimate of drug-likeness (QED) is 0.839. The Morgan fingerprint density at radius 1 is 1.17 bits per heavy atom. The van der Waals surface area contributed by atoms with Gasteiger partial charge in [0.05, 0.1) is 11.0 Å². The van der Waals surface area contributed by atoms with Crippen LogP contribution in [0.5, 0.6) is 0 Å². The number of hydrogen-bond donors (Lipinski definition) is 1. The van der Waals surface area contributed by atoms with Crippen molar-refractivity contribution in [2.45, 2.75) is 70.1 Å². The lowest BCUT2D eigenvalue weighted by molar-refractivity contribution is 0.403. The van der Waals surface area contributed by atoms with Crippen molar-refractivity contribution in [2.75, 3.05) is 12.8 Å². The maximum atomic E-state index is 12.5. The van der Waals surface area contributed by atoms with Gasteiger partial charge in [-0.15, -0.1) is 0 Å². The Bertz CT molecular complexity index is 327. The van der Waals surface area contributed by atoms with E-state index in [0.717, 1.165) is 32.1 Å². The molecule has 3 atom stereocenters. The summed E-state index contributed by atoms with van der Waals surface area (Å²) < 4.78 is 25.1. The van der Waals surface area contributed by atoms with E-state index >= 15 is 0 Å². The van der Waals surface area contributed by atoms with Gasteiger partial charge in [-0.1, -0.05) is 46.0 Å². The minimum Gasteiger partial charge on any atom is -0.316 e. The van der Waals surface area contributed by atoms with Gasteiger partial charge in [-0.2, -0.15) is 0 Å². The fourth-order valence-electron chi connectivity index (χ4n) is 2.85. The van der Waals surface area contributed by atoms with Crippen LogP contribution in [0.1, 0.15) is 58.8 Å². The number of nitrogens with one attached hydrogen (secondary N) is 1. The molecule has 0 aromatic rings. The van der Waals surface area contributed by atoms with Gasteiger partial charge in [0.15, 0.2) is 9.84 Å². The Morgan fingerprint density at radius 3 is 2.33 bits per heavy atom. The molecule has 0 bridgehead atoms. The zero-order chi connectivity index (χ0) is 13.6. The highest BCUT2D eigenvalue weighted by Crippen LogP contribution is 2.25. The van der Waals surface area contributed by atoms with Crippen LogP contribution >= 0.6 is 0 Å². The molecule has 1 aliphatic rings. The normalized spacial score (nSPS) is 28.4. The highest BCUT2D eigenvalue weighted by atomic mass is 32.2. The van der Waals surface area contributed by atoms with E-state index < -0.39 is 9.84 Å². The molecule has 1 aliphatic carbocycles. The SMILES string of the molecule is CCC(C)CS(=O)(=O)C1CCCCCCC1NC. The van der Waals surface area contributed by atoms with Crippen molar-refractivity contribution < 1.29 is 8.42 Å². The Hall–Kier alpha value is -0.0900. The van der Waals surface area contributed by atoms with Crippen molar-refractivity contribution in [2.24, 2.45) is 5.92 Å². The second-order valence-electron chi connectivity index (χ2n) is 5.77. The van der Waals surface area contributed by atoms with Crippen LogP contribution in [0.3, 0.4) is 0 Å². The minimum absolute atomic E-state index is 0.152. The van der Waals surface area contributed by atoms with E-state index in [2.05, 4.69) is 12.2 Å². The van der Waals surface area contributed by atoms with Crippen LogP contribution in [-0.2, 0) is 9.84 Å². The molecule has 3 unspecified atom stereocenters. The Labute approximate surface area is 113 Å². The van der Waals surface area contributed by atoms with Crippen LogP contribution in [-0.4, -0.2) is 32.5 Å². The molecule has 18 heavy (non-hydrogen) atoms. The summed E-state index contributed by atoms with van der Waals surface area (Å²) in [5, 5.41) is 3.07. The zero-order valence-corrected chi connectivity index (χ0v) is 12.9. The van der Waals surface area contributed by atoms with Crippen molar-refractivity contribution in [3.8, 4) is 0 Å². The minimum atomic E-state index is -2.96. The molecule has 0 radical (unpaired) electrons. The topological polar surface area (TPSA) is 46.2 Å². The van der Waals surface area contributed by atoms with Crippen molar-refractivity contribution in [1.82, 2.24) is 5.32 Å². The maximum absolute atomic E-state index is 12.5. The van der Waals surface area contributed by atoms with Crippen molar-refractivity contribution in [3.05, 3.63) is 0 Å². The molecule has 0 amide bonds. The van der Waals surface area contributed by atoms with Gasteiger partial charge in [-0.25, -0.2) is 8.42 Å². The summed E-state index contributed by atoms with van der Waals surface area (Å²) in [6, 6.07) is 0.152. The standard InChI is InChI=1S/C14H29NO2S/c1-4-12(2)11-18(16,17)14-10-8-6-5-7-9-13(14)15-3/h12-15H,4-11H2,1-3H3. The predicted octanol–water partition coefficient (Wildman–Crippen LogP) is 2.76. The van der Waals surface area contributed by atoms with Crippen molar-refractivity contribution >= 4 is 9.84 Å². The average molecular weight is 275 g/mol. The van der Waals surface area contributed by atoms with Gasteiger partial charge in [0.2, 0.25) is 0 Å². The molecule has 1 saturated carbocycles. The molecule has 108 valence electrons. The lowest BCUT2D eigenvalue weighted by Crippen LogP contribution is -2.44. The van der Waals surface area contributed by atoms with Crippen molar-refractivity contribution in [3.63, 3.8) is 0 Å². The lowest BCUT2D eigenvalue weighted by Gasteiger charge is -2.29. The lowest BCUT2D eigenvalue weighted by atomic mass is 9.96. The Balaban J connectivity index is 2.79. The van der Waals surface area contributed by atoms with Crippen LogP contribution in [0, 0.1) is 5.92 Å². The average Bonchev–Trinajstić information content (AvgIpc) is 2.27. The third-order valence-corrected chi connectivity index (χ3v) is 6.77. The van der Waals surface area contributed by atoms with Gasteiger partial charge in [0.25, 0.3) is 0 Å². The summed E-state index contributed by atoms with van der Waals surface area (Å²) in [7, 11) is -1.06. The second kappa shape index (κ2) is 7.49. The van der Waals surface area contributed by atoms with E-state index in [1.54, 1.807) is 0 Å². The second-order valence-corrected chi connectivity index (χ2v) is 8.03. The highest BCUT2D eigenvalue weighted by Gasteiger charge is 2.33. The van der Waals surface area contributed by atoms with E-state index in [-0.39, 0.29) is 17.2 Å². The van der Waals surface area contributed by atoms with Gasteiger partial charge in [0, 0.05) is 6.04 Å². The highest BCUT2D eigenvalue weighted by molar-refractivity contribution is 7.92. The molecule has 0 aromatic heterocycles. The van der Waals surface area contributed by atoms with Gasteiger partial charge in [-0.3, -0.25) is 0 Å². The first-order valence-corrected chi connectivity index (χ1v) is 9.11. The zero-order valence-electron chi connectivity index (χ0n) is 12.1. The van der Waals surface area contributed by atoms with Gasteiger partial charge >= 0.3 is 0 Å². The third-order valence-electron chi connectivity index (χ3n) is 4.25. The molecule has 0 aliphatic heterocycles. The van der Waals surface area contributed by atoms with Gasteiger partial charge in [0.1, 0.15) is 0 Å². The van der Waals surface area contributed by atoms with E-state index in [4.69, 9.17) is 0 Å². The molecule has 3 nitrogen and oxygen atoms in total. The van der Waals surface area contributed by atoms with Crippen LogP contribution in [0.2, 0.25) is 0 Å². The fraction of sp³-hybridized carbons (Fsp3) is 1.00. The van der Waals surface area contributed by atoms with E-state index in [1.807, 2.05) is 14.0 Å². The molecule has 1 rings (SSSR count). The molecule has 0 spiro atoms. The molecule has 0 saturated heterocycles. The Kier molecular flexibility index (Phi) is 6.64. The molecule has 1 fully saturated rings. The Morgan fingerprint density at radius 2 is 1.78 bits per heavy atom. The first-order valence-electron chi connectivity index (χ1n) is 7.40. The molecule has 4 heteroatoms. The van der Waals surface area contributed by atoms with E-state index in [9.17, 15) is 8.42 Å². The fourth-order valence-corrected chi connectivity index (χ4v) is 5.42. The summed E-state index contributed by atoms with van der Waals surface area (Å²) in [5.74, 6) is 0.629. The molecular weight excluding hydrogens is 246 g/mol. The molecule has 0 heterocycles. The van der Waals surface area contributed by atoms with Gasteiger partial charge in [-0.05, 0) is 25.8 Å². The van der Waals surface area contributed by atoms with Crippen LogP contribution in [0.25, 0.3) is 0 Å². The smallest absolute Gasteiger partial charge is 0.154 e. The third kappa shape index (κ3) is 4.54. The molecular formula is C14H29NO2S. The number of sulfone groups is 1. The monoisotopic (exact) mass is 275 g/mol. The van der Waals surface area contributed by atoms with E-state index in [0.29, 0.717) is 5.75 Å². The largest absolute Gasteiger partial charge is 0.316 e. The van der Waals surface area contributed by atoms with Crippen molar-refractivity contribution in [1.29, 1.82) is 0 Å². The number of hydrogen-bond acceptors (Lipinski definition) is 3. The number of rotatable bonds is 5. The first-order chi connectivity index (χ1) is 8.51.